The lowest BCUT2D eigenvalue weighted by Crippen LogP contribution is -1.96. The quantitative estimate of drug-likeness (QED) is 0.609. The van der Waals surface area contributed by atoms with Crippen molar-refractivity contribution in [1.29, 1.82) is 0 Å². The first-order valence-corrected chi connectivity index (χ1v) is 7.53. The van der Waals surface area contributed by atoms with Crippen molar-refractivity contribution in [2.24, 2.45) is 0 Å². The Labute approximate surface area is 138 Å². The molecular formula is C14H9BrClFN2OS. The maximum atomic E-state index is 13.8. The minimum absolute atomic E-state index is 0.149. The molecule has 0 spiro atoms. The van der Waals surface area contributed by atoms with Crippen LogP contribution in [-0.4, -0.2) is 16.7 Å². The summed E-state index contributed by atoms with van der Waals surface area (Å²) in [7, 11) is 1.42. The van der Waals surface area contributed by atoms with Gasteiger partial charge in [-0.15, -0.1) is 0 Å². The smallest absolute Gasteiger partial charge is 0.182 e. The summed E-state index contributed by atoms with van der Waals surface area (Å²) in [6.07, 6.45) is 0. The van der Waals surface area contributed by atoms with Gasteiger partial charge in [0.2, 0.25) is 0 Å². The van der Waals surface area contributed by atoms with Crippen molar-refractivity contribution in [3.63, 3.8) is 0 Å². The summed E-state index contributed by atoms with van der Waals surface area (Å²) in [5.74, 6) is -0.301. The van der Waals surface area contributed by atoms with Crippen LogP contribution in [-0.2, 0) is 0 Å². The molecular weight excluding hydrogens is 379 g/mol. The van der Waals surface area contributed by atoms with Crippen LogP contribution in [0.25, 0.3) is 16.7 Å². The van der Waals surface area contributed by atoms with Crippen LogP contribution in [0.1, 0.15) is 0 Å². The second-order valence-electron chi connectivity index (χ2n) is 4.37. The van der Waals surface area contributed by atoms with Crippen molar-refractivity contribution in [3.8, 4) is 11.4 Å². The van der Waals surface area contributed by atoms with Crippen molar-refractivity contribution in [2.75, 3.05) is 7.11 Å². The summed E-state index contributed by atoms with van der Waals surface area (Å²) in [5, 5.41) is 0.540. The lowest BCUT2D eigenvalue weighted by Gasteiger charge is -2.09. The van der Waals surface area contributed by atoms with Gasteiger partial charge in [0.25, 0.3) is 0 Å². The fourth-order valence-corrected chi connectivity index (χ4v) is 3.02. The van der Waals surface area contributed by atoms with Crippen molar-refractivity contribution >= 4 is 50.8 Å². The molecule has 0 bridgehead atoms. The number of fused-ring (bicyclic) bond motifs is 1. The lowest BCUT2D eigenvalue weighted by molar-refractivity contribution is 0.387. The van der Waals surface area contributed by atoms with Gasteiger partial charge in [-0.25, -0.2) is 4.39 Å². The van der Waals surface area contributed by atoms with E-state index >= 15 is 0 Å². The minimum atomic E-state index is -0.450. The molecule has 7 heteroatoms. The number of ether oxygens (including phenoxy) is 1. The number of hydrogen-bond donors (Lipinski definition) is 1. The van der Waals surface area contributed by atoms with E-state index in [4.69, 9.17) is 28.6 Å². The first-order valence-electron chi connectivity index (χ1n) is 5.95. The van der Waals surface area contributed by atoms with Gasteiger partial charge in [0, 0.05) is 16.6 Å². The van der Waals surface area contributed by atoms with Gasteiger partial charge >= 0.3 is 0 Å². The molecule has 0 aliphatic carbocycles. The topological polar surface area (TPSA) is 29.9 Å². The molecule has 3 aromatic rings. The molecule has 3 rings (SSSR count). The zero-order valence-electron chi connectivity index (χ0n) is 10.8. The Hall–Kier alpha value is -1.37. The number of nitrogens with one attached hydrogen (secondary N) is 1. The number of aromatic amines is 1. The maximum Gasteiger partial charge on any atom is 0.182 e. The third-order valence-corrected chi connectivity index (χ3v) is 4.20. The van der Waals surface area contributed by atoms with E-state index in [-0.39, 0.29) is 5.75 Å². The molecule has 1 aromatic heterocycles. The zero-order chi connectivity index (χ0) is 15.1. The van der Waals surface area contributed by atoms with Crippen molar-refractivity contribution in [2.45, 2.75) is 0 Å². The largest absolute Gasteiger partial charge is 0.494 e. The van der Waals surface area contributed by atoms with Crippen LogP contribution in [0.5, 0.6) is 5.75 Å². The Balaban J connectivity index is 2.39. The predicted molar refractivity (Wildman–Crippen MR) is 87.7 cm³/mol. The molecule has 1 heterocycles. The maximum absolute atomic E-state index is 13.8. The Morgan fingerprint density at radius 3 is 2.81 bits per heavy atom. The molecule has 2 aromatic carbocycles. The predicted octanol–water partition coefficient (Wildman–Crippen LogP) is 5.25. The molecule has 0 aliphatic heterocycles. The van der Waals surface area contributed by atoms with Crippen LogP contribution in [0.2, 0.25) is 5.02 Å². The van der Waals surface area contributed by atoms with Gasteiger partial charge in [0.15, 0.2) is 16.3 Å². The highest BCUT2D eigenvalue weighted by Crippen LogP contribution is 2.31. The first-order chi connectivity index (χ1) is 10.0. The summed E-state index contributed by atoms with van der Waals surface area (Å²) >= 11 is 15.0. The number of benzene rings is 2. The Bertz CT molecular complexity index is 906. The molecule has 0 atom stereocenters. The minimum Gasteiger partial charge on any atom is -0.494 e. The zero-order valence-corrected chi connectivity index (χ0v) is 13.9. The number of halogens is 3. The van der Waals surface area contributed by atoms with E-state index in [1.54, 1.807) is 16.7 Å². The number of hydrogen-bond acceptors (Lipinski definition) is 2. The summed E-state index contributed by atoms with van der Waals surface area (Å²) in [5.41, 5.74) is 1.98. The Morgan fingerprint density at radius 2 is 2.10 bits per heavy atom. The third-order valence-electron chi connectivity index (χ3n) is 3.10. The van der Waals surface area contributed by atoms with Crippen LogP contribution >= 0.6 is 39.7 Å². The first kappa shape index (κ1) is 14.6. The molecule has 0 radical (unpaired) electrons. The highest BCUT2D eigenvalue weighted by Gasteiger charge is 2.14. The lowest BCUT2D eigenvalue weighted by atomic mass is 10.2. The van der Waals surface area contributed by atoms with Gasteiger partial charge in [-0.3, -0.25) is 4.57 Å². The normalized spacial score (nSPS) is 11.0. The number of aromatic nitrogens is 2. The average Bonchev–Trinajstić information content (AvgIpc) is 2.75. The molecule has 0 saturated carbocycles. The summed E-state index contributed by atoms with van der Waals surface area (Å²) in [6.45, 7) is 0. The van der Waals surface area contributed by atoms with Crippen LogP contribution in [0.4, 0.5) is 4.39 Å². The molecule has 1 N–H and O–H groups in total. The molecule has 0 saturated heterocycles. The number of nitrogens with zero attached hydrogens (tertiary/aromatic N) is 1. The SMILES string of the molecule is COc1cc2c(cc1F)[nH]c(=S)n2-c1cc(Br)ccc1Cl. The number of imidazole rings is 1. The monoisotopic (exact) mass is 386 g/mol. The van der Waals surface area contributed by atoms with Crippen molar-refractivity contribution in [3.05, 3.63) is 50.4 Å². The summed E-state index contributed by atoms with van der Waals surface area (Å²) < 4.78 is 21.9. The second-order valence-corrected chi connectivity index (χ2v) is 6.07. The Morgan fingerprint density at radius 1 is 1.33 bits per heavy atom. The van der Waals surface area contributed by atoms with Gasteiger partial charge in [-0.05, 0) is 30.4 Å². The average molecular weight is 388 g/mol. The van der Waals surface area contributed by atoms with Crippen LogP contribution < -0.4 is 4.74 Å². The number of methoxy groups -OCH3 is 1. The van der Waals surface area contributed by atoms with E-state index in [0.717, 1.165) is 4.47 Å². The van der Waals surface area contributed by atoms with E-state index in [1.807, 2.05) is 12.1 Å². The summed E-state index contributed by atoms with van der Waals surface area (Å²) in [4.78, 5) is 2.97. The van der Waals surface area contributed by atoms with Crippen LogP contribution in [0, 0.1) is 10.6 Å². The number of H-pyrrole nitrogens is 1. The highest BCUT2D eigenvalue weighted by atomic mass is 79.9. The molecule has 108 valence electrons. The fourth-order valence-electron chi connectivity index (χ4n) is 2.16. The van der Waals surface area contributed by atoms with E-state index in [2.05, 4.69) is 20.9 Å². The molecule has 3 nitrogen and oxygen atoms in total. The van der Waals surface area contributed by atoms with Crippen molar-refractivity contribution in [1.82, 2.24) is 9.55 Å². The molecule has 0 amide bonds. The van der Waals surface area contributed by atoms with Gasteiger partial charge in [-0.2, -0.15) is 0 Å². The van der Waals surface area contributed by atoms with E-state index in [0.29, 0.717) is 26.5 Å². The second kappa shape index (κ2) is 5.44. The molecule has 0 unspecified atom stereocenters. The summed E-state index contributed by atoms with van der Waals surface area (Å²) in [6, 6.07) is 8.40. The van der Waals surface area contributed by atoms with Crippen LogP contribution in [0.3, 0.4) is 0 Å². The standard InChI is InChI=1S/C14H9BrClFN2OS/c1-20-13-6-12-10(5-9(13)17)18-14(21)19(12)11-4-7(15)2-3-8(11)16/h2-6H,1H3,(H,18,21). The van der Waals surface area contributed by atoms with Crippen LogP contribution in [0.15, 0.2) is 34.8 Å². The Kier molecular flexibility index (Phi) is 3.77. The fraction of sp³-hybridized carbons (Fsp3) is 0.0714. The van der Waals surface area contributed by atoms with E-state index in [1.165, 1.54) is 13.2 Å². The van der Waals surface area contributed by atoms with Gasteiger partial charge in [-0.1, -0.05) is 27.5 Å². The molecule has 21 heavy (non-hydrogen) atoms. The van der Waals surface area contributed by atoms with Gasteiger partial charge in [0.1, 0.15) is 0 Å². The van der Waals surface area contributed by atoms with Gasteiger partial charge < -0.3 is 9.72 Å². The number of rotatable bonds is 2. The van der Waals surface area contributed by atoms with Crippen molar-refractivity contribution < 1.29 is 9.13 Å². The molecule has 0 aliphatic rings. The third kappa shape index (κ3) is 2.47. The van der Waals surface area contributed by atoms with E-state index in [9.17, 15) is 4.39 Å². The van der Waals surface area contributed by atoms with E-state index < -0.39 is 5.82 Å². The van der Waals surface area contributed by atoms with Gasteiger partial charge in [0.05, 0.1) is 28.9 Å². The highest BCUT2D eigenvalue weighted by molar-refractivity contribution is 9.10. The molecule has 0 fully saturated rings.